The number of hydrogen-bond acceptors (Lipinski definition) is 4. The first kappa shape index (κ1) is 28.6. The third-order valence-electron chi connectivity index (χ3n) is 4.71. The van der Waals surface area contributed by atoms with Crippen LogP contribution in [0.25, 0.3) is 0 Å². The van der Waals surface area contributed by atoms with Gasteiger partial charge < -0.3 is 15.7 Å². The zero-order valence-corrected chi connectivity index (χ0v) is 20.3. The van der Waals surface area contributed by atoms with Crippen LogP contribution in [0.2, 0.25) is 0 Å². The number of pyridine rings is 1. The SMILES string of the molecule is CCC=CCC=CCC=CCC=CCC=CCCCC(=O)NCCNC(=O)c1cnccc1O. The molecule has 1 rings (SSSR count). The number of nitrogens with one attached hydrogen (secondary N) is 2. The molecule has 0 aromatic carbocycles. The number of nitrogens with zero attached hydrogens (tertiary/aromatic N) is 1. The Hall–Kier alpha value is -3.41. The lowest BCUT2D eigenvalue weighted by Gasteiger charge is -2.07. The molecule has 2 amide bonds. The quantitative estimate of drug-likeness (QED) is 0.208. The maximum atomic E-state index is 11.9. The number of unbranched alkanes of at least 4 members (excludes halogenated alkanes) is 1. The van der Waals surface area contributed by atoms with Crippen LogP contribution in [-0.2, 0) is 4.79 Å². The van der Waals surface area contributed by atoms with E-state index < -0.39 is 5.91 Å². The van der Waals surface area contributed by atoms with E-state index in [0.29, 0.717) is 13.0 Å². The summed E-state index contributed by atoms with van der Waals surface area (Å²) in [6, 6.07) is 1.36. The fourth-order valence-electron chi connectivity index (χ4n) is 2.87. The van der Waals surface area contributed by atoms with Gasteiger partial charge in [0.2, 0.25) is 5.91 Å². The number of rotatable bonds is 17. The average molecular weight is 466 g/mol. The Morgan fingerprint density at radius 2 is 1.41 bits per heavy atom. The molecule has 184 valence electrons. The number of carbonyl (C=O) groups excluding carboxylic acids is 2. The van der Waals surface area contributed by atoms with Crippen LogP contribution in [0.15, 0.2) is 79.2 Å². The molecule has 0 unspecified atom stereocenters. The lowest BCUT2D eigenvalue weighted by Crippen LogP contribution is -2.34. The van der Waals surface area contributed by atoms with Gasteiger partial charge in [0.1, 0.15) is 5.75 Å². The number of hydrogen-bond donors (Lipinski definition) is 3. The monoisotopic (exact) mass is 465 g/mol. The van der Waals surface area contributed by atoms with Crippen molar-refractivity contribution in [3.8, 4) is 5.75 Å². The summed E-state index contributed by atoms with van der Waals surface area (Å²) in [6.45, 7) is 2.77. The van der Waals surface area contributed by atoms with Crippen LogP contribution >= 0.6 is 0 Å². The summed E-state index contributed by atoms with van der Waals surface area (Å²) < 4.78 is 0. The topological polar surface area (TPSA) is 91.3 Å². The molecule has 0 aliphatic heterocycles. The van der Waals surface area contributed by atoms with Crippen molar-refractivity contribution in [1.29, 1.82) is 0 Å². The predicted octanol–water partition coefficient (Wildman–Crippen LogP) is 5.55. The zero-order chi connectivity index (χ0) is 24.7. The molecule has 0 aliphatic carbocycles. The van der Waals surface area contributed by atoms with Gasteiger partial charge in [-0.15, -0.1) is 0 Å². The normalized spacial score (nSPS) is 12.0. The Labute approximate surface area is 204 Å². The van der Waals surface area contributed by atoms with Gasteiger partial charge in [-0.2, -0.15) is 0 Å². The van der Waals surface area contributed by atoms with Crippen molar-refractivity contribution in [3.05, 3.63) is 84.8 Å². The first-order chi connectivity index (χ1) is 16.6. The van der Waals surface area contributed by atoms with E-state index >= 15 is 0 Å². The maximum Gasteiger partial charge on any atom is 0.256 e. The second-order valence-corrected chi connectivity index (χ2v) is 7.60. The number of aromatic nitrogens is 1. The second kappa shape index (κ2) is 20.2. The molecule has 0 spiro atoms. The molecule has 6 nitrogen and oxygen atoms in total. The Morgan fingerprint density at radius 3 is 2.00 bits per heavy atom. The average Bonchev–Trinajstić information content (AvgIpc) is 2.84. The van der Waals surface area contributed by atoms with E-state index in [2.05, 4.69) is 83.3 Å². The fourth-order valence-corrected chi connectivity index (χ4v) is 2.87. The van der Waals surface area contributed by atoms with Crippen LogP contribution in [-0.4, -0.2) is 35.0 Å². The van der Waals surface area contributed by atoms with Gasteiger partial charge in [-0.25, -0.2) is 0 Å². The van der Waals surface area contributed by atoms with Gasteiger partial charge in [0.15, 0.2) is 0 Å². The lowest BCUT2D eigenvalue weighted by atomic mass is 10.2. The van der Waals surface area contributed by atoms with Gasteiger partial charge in [0.05, 0.1) is 5.56 Å². The minimum absolute atomic E-state index is 0.0363. The van der Waals surface area contributed by atoms with Gasteiger partial charge in [-0.05, 0) is 51.0 Å². The zero-order valence-electron chi connectivity index (χ0n) is 20.3. The highest BCUT2D eigenvalue weighted by Crippen LogP contribution is 2.13. The molecule has 0 saturated carbocycles. The van der Waals surface area contributed by atoms with Gasteiger partial charge in [0.25, 0.3) is 5.91 Å². The summed E-state index contributed by atoms with van der Waals surface area (Å²) in [7, 11) is 0. The fraction of sp³-hybridized carbons (Fsp3) is 0.393. The molecule has 1 aromatic rings. The summed E-state index contributed by atoms with van der Waals surface area (Å²) in [4.78, 5) is 27.6. The molecule has 0 bridgehead atoms. The minimum atomic E-state index is -0.418. The van der Waals surface area contributed by atoms with E-state index in [4.69, 9.17) is 0 Å². The van der Waals surface area contributed by atoms with E-state index in [1.807, 2.05) is 0 Å². The van der Waals surface area contributed by atoms with Crippen LogP contribution in [0.3, 0.4) is 0 Å². The van der Waals surface area contributed by atoms with Crippen LogP contribution < -0.4 is 10.6 Å². The molecule has 1 aromatic heterocycles. The molecular weight excluding hydrogens is 426 g/mol. The predicted molar refractivity (Wildman–Crippen MR) is 140 cm³/mol. The van der Waals surface area contributed by atoms with Crippen molar-refractivity contribution in [1.82, 2.24) is 15.6 Å². The van der Waals surface area contributed by atoms with Crippen molar-refractivity contribution in [2.45, 2.75) is 58.3 Å². The molecule has 0 aliphatic rings. The molecule has 0 radical (unpaired) electrons. The van der Waals surface area contributed by atoms with Gasteiger partial charge in [-0.3, -0.25) is 14.6 Å². The highest BCUT2D eigenvalue weighted by atomic mass is 16.3. The Morgan fingerprint density at radius 1 is 0.853 bits per heavy atom. The standard InChI is InChI=1S/C28H39N3O3/c1-2-3-4-5-6-7-8-9-10-11-12-13-14-15-16-17-18-19-27(33)30-22-23-31-28(34)25-24-29-21-20-26(25)32/h3-4,6-7,9-10,12-13,15-16,20-21,24H,2,5,8,11,14,17-19,22-23H2,1H3,(H,29,32)(H,30,33)(H,31,34). The summed E-state index contributed by atoms with van der Waals surface area (Å²) in [5.41, 5.74) is 0.117. The summed E-state index contributed by atoms with van der Waals surface area (Å²) in [5.74, 6) is -0.573. The number of aromatic hydroxyl groups is 1. The molecule has 34 heavy (non-hydrogen) atoms. The molecule has 1 heterocycles. The molecule has 6 heteroatoms. The van der Waals surface area contributed by atoms with E-state index in [1.165, 1.54) is 18.5 Å². The Bertz CT molecular complexity index is 854. The molecule has 3 N–H and O–H groups in total. The molecule has 0 saturated heterocycles. The smallest absolute Gasteiger partial charge is 0.256 e. The van der Waals surface area contributed by atoms with Crippen LogP contribution in [0.1, 0.15) is 68.6 Å². The maximum absolute atomic E-state index is 11.9. The summed E-state index contributed by atoms with van der Waals surface area (Å²) >= 11 is 0. The third kappa shape index (κ3) is 15.4. The third-order valence-corrected chi connectivity index (χ3v) is 4.71. The van der Waals surface area contributed by atoms with Gasteiger partial charge in [0, 0.05) is 31.9 Å². The van der Waals surface area contributed by atoms with Crippen molar-refractivity contribution in [2.24, 2.45) is 0 Å². The molecule has 0 atom stereocenters. The second-order valence-electron chi connectivity index (χ2n) is 7.60. The van der Waals surface area contributed by atoms with Crippen LogP contribution in [0, 0.1) is 0 Å². The van der Waals surface area contributed by atoms with E-state index in [-0.39, 0.29) is 23.8 Å². The van der Waals surface area contributed by atoms with E-state index in [9.17, 15) is 14.7 Å². The minimum Gasteiger partial charge on any atom is -0.507 e. The molecular formula is C28H39N3O3. The lowest BCUT2D eigenvalue weighted by molar-refractivity contribution is -0.121. The molecule has 0 fully saturated rings. The Kier molecular flexibility index (Phi) is 17.0. The Balaban J connectivity index is 1.98. The number of carbonyl (C=O) groups is 2. The number of allylic oxidation sites excluding steroid dienone is 10. The van der Waals surface area contributed by atoms with Crippen LogP contribution in [0.5, 0.6) is 5.75 Å². The summed E-state index contributed by atoms with van der Waals surface area (Å²) in [5, 5.41) is 15.0. The van der Waals surface area contributed by atoms with Crippen molar-refractivity contribution in [2.75, 3.05) is 13.1 Å². The van der Waals surface area contributed by atoms with Gasteiger partial charge >= 0.3 is 0 Å². The first-order valence-corrected chi connectivity index (χ1v) is 12.1. The largest absolute Gasteiger partial charge is 0.507 e. The van der Waals surface area contributed by atoms with Crippen molar-refractivity contribution in [3.63, 3.8) is 0 Å². The van der Waals surface area contributed by atoms with E-state index in [0.717, 1.165) is 44.9 Å². The van der Waals surface area contributed by atoms with Crippen molar-refractivity contribution >= 4 is 11.8 Å². The highest BCUT2D eigenvalue weighted by molar-refractivity contribution is 5.96. The van der Waals surface area contributed by atoms with Crippen LogP contribution in [0.4, 0.5) is 0 Å². The number of amides is 2. The first-order valence-electron chi connectivity index (χ1n) is 12.1. The van der Waals surface area contributed by atoms with Gasteiger partial charge in [-0.1, -0.05) is 67.7 Å². The highest BCUT2D eigenvalue weighted by Gasteiger charge is 2.10. The summed E-state index contributed by atoms with van der Waals surface area (Å²) in [6.07, 6.45) is 31.4. The van der Waals surface area contributed by atoms with E-state index in [1.54, 1.807) is 0 Å². The van der Waals surface area contributed by atoms with Crippen molar-refractivity contribution < 1.29 is 14.7 Å².